The van der Waals surface area contributed by atoms with E-state index in [1.54, 1.807) is 6.20 Å². The van der Waals surface area contributed by atoms with Gasteiger partial charge in [0, 0.05) is 24.9 Å². The zero-order valence-corrected chi connectivity index (χ0v) is 12.2. The van der Waals surface area contributed by atoms with Crippen molar-refractivity contribution in [2.45, 2.75) is 51.6 Å². The molecule has 2 rings (SSSR count). The van der Waals surface area contributed by atoms with Crippen LogP contribution in [0.3, 0.4) is 0 Å². The van der Waals surface area contributed by atoms with Gasteiger partial charge in [-0.3, -0.25) is 4.68 Å². The molecule has 0 aromatic carbocycles. The van der Waals surface area contributed by atoms with Gasteiger partial charge in [-0.05, 0) is 45.4 Å². The van der Waals surface area contributed by atoms with Gasteiger partial charge in [-0.1, -0.05) is 0 Å². The Morgan fingerprint density at radius 3 is 2.70 bits per heavy atom. The molecule has 0 unspecified atom stereocenters. The summed E-state index contributed by atoms with van der Waals surface area (Å²) in [5.41, 5.74) is 0.709. The third-order valence-corrected chi connectivity index (χ3v) is 3.83. The monoisotopic (exact) mass is 280 g/mol. The van der Waals surface area contributed by atoms with Crippen LogP contribution in [0.25, 0.3) is 0 Å². The number of carbonyl (C=O) groups is 1. The van der Waals surface area contributed by atoms with Crippen LogP contribution in [0, 0.1) is 5.92 Å². The molecule has 0 saturated heterocycles. The van der Waals surface area contributed by atoms with Crippen molar-refractivity contribution >= 4 is 11.7 Å². The van der Waals surface area contributed by atoms with Crippen molar-refractivity contribution in [1.82, 2.24) is 15.1 Å². The second-order valence-corrected chi connectivity index (χ2v) is 5.80. The number of nitrogens with zero attached hydrogens (tertiary/aromatic N) is 2. The van der Waals surface area contributed by atoms with Crippen molar-refractivity contribution in [2.24, 2.45) is 5.92 Å². The molecule has 1 aromatic rings. The quantitative estimate of drug-likeness (QED) is 0.790. The molecule has 2 amide bonds. The summed E-state index contributed by atoms with van der Waals surface area (Å²) in [5.74, 6) is 0.403. The van der Waals surface area contributed by atoms with Crippen LogP contribution >= 0.6 is 0 Å². The van der Waals surface area contributed by atoms with E-state index in [1.165, 1.54) is 0 Å². The van der Waals surface area contributed by atoms with Crippen LogP contribution in [0.5, 0.6) is 0 Å². The first kappa shape index (κ1) is 14.8. The van der Waals surface area contributed by atoms with E-state index in [4.69, 9.17) is 5.11 Å². The summed E-state index contributed by atoms with van der Waals surface area (Å²) in [6.07, 6.45) is 7.31. The van der Waals surface area contributed by atoms with E-state index < -0.39 is 0 Å². The first-order valence-corrected chi connectivity index (χ1v) is 7.31. The van der Waals surface area contributed by atoms with Gasteiger partial charge in [0.15, 0.2) is 0 Å². The third-order valence-electron chi connectivity index (χ3n) is 3.83. The van der Waals surface area contributed by atoms with Gasteiger partial charge in [0.1, 0.15) is 0 Å². The molecule has 20 heavy (non-hydrogen) atoms. The SMILES string of the molecule is CC(C)n1cc(NC(=O)NC2CCC(CO)CC2)cn1. The fourth-order valence-corrected chi connectivity index (χ4v) is 2.53. The first-order chi connectivity index (χ1) is 9.58. The number of aliphatic hydroxyl groups is 1. The fourth-order valence-electron chi connectivity index (χ4n) is 2.53. The molecule has 0 bridgehead atoms. The topological polar surface area (TPSA) is 79.2 Å². The molecule has 0 spiro atoms. The Morgan fingerprint density at radius 1 is 1.45 bits per heavy atom. The predicted molar refractivity (Wildman–Crippen MR) is 77.6 cm³/mol. The zero-order valence-electron chi connectivity index (χ0n) is 12.2. The highest BCUT2D eigenvalue weighted by Gasteiger charge is 2.21. The molecule has 3 N–H and O–H groups in total. The molecule has 1 fully saturated rings. The van der Waals surface area contributed by atoms with Gasteiger partial charge in [0.25, 0.3) is 0 Å². The largest absolute Gasteiger partial charge is 0.396 e. The summed E-state index contributed by atoms with van der Waals surface area (Å²) in [6.45, 7) is 4.33. The van der Waals surface area contributed by atoms with Crippen molar-refractivity contribution in [3.63, 3.8) is 0 Å². The van der Waals surface area contributed by atoms with Crippen molar-refractivity contribution in [3.8, 4) is 0 Å². The van der Waals surface area contributed by atoms with Crippen LogP contribution in [0.4, 0.5) is 10.5 Å². The molecular weight excluding hydrogens is 256 g/mol. The first-order valence-electron chi connectivity index (χ1n) is 7.31. The standard InChI is InChI=1S/C14H24N4O2/c1-10(2)18-8-13(7-15-18)17-14(20)16-12-5-3-11(9-19)4-6-12/h7-8,10-12,19H,3-6,9H2,1-2H3,(H2,16,17,20). The van der Waals surface area contributed by atoms with Gasteiger partial charge in [0.05, 0.1) is 11.9 Å². The Balaban J connectivity index is 1.77. The highest BCUT2D eigenvalue weighted by molar-refractivity contribution is 5.89. The number of anilines is 1. The van der Waals surface area contributed by atoms with Crippen LogP contribution in [-0.4, -0.2) is 33.6 Å². The van der Waals surface area contributed by atoms with E-state index in [1.807, 2.05) is 24.7 Å². The Labute approximate surface area is 119 Å². The van der Waals surface area contributed by atoms with Crippen LogP contribution in [-0.2, 0) is 0 Å². The second-order valence-electron chi connectivity index (χ2n) is 5.80. The van der Waals surface area contributed by atoms with Gasteiger partial charge in [-0.25, -0.2) is 4.79 Å². The minimum absolute atomic E-state index is 0.180. The maximum Gasteiger partial charge on any atom is 0.319 e. The highest BCUT2D eigenvalue weighted by Crippen LogP contribution is 2.23. The van der Waals surface area contributed by atoms with Crippen molar-refractivity contribution in [3.05, 3.63) is 12.4 Å². The summed E-state index contributed by atoms with van der Waals surface area (Å²) >= 11 is 0. The van der Waals surface area contributed by atoms with E-state index in [0.29, 0.717) is 11.6 Å². The molecular formula is C14H24N4O2. The summed E-state index contributed by atoms with van der Waals surface area (Å²) in [7, 11) is 0. The van der Waals surface area contributed by atoms with E-state index in [0.717, 1.165) is 25.7 Å². The maximum atomic E-state index is 11.9. The predicted octanol–water partition coefficient (Wildman–Crippen LogP) is 2.14. The van der Waals surface area contributed by atoms with E-state index >= 15 is 0 Å². The van der Waals surface area contributed by atoms with Gasteiger partial charge >= 0.3 is 6.03 Å². The second kappa shape index (κ2) is 6.74. The van der Waals surface area contributed by atoms with Crippen molar-refractivity contribution in [2.75, 3.05) is 11.9 Å². The number of aliphatic hydroxyl groups excluding tert-OH is 1. The maximum absolute atomic E-state index is 11.9. The average molecular weight is 280 g/mol. The lowest BCUT2D eigenvalue weighted by Gasteiger charge is -2.27. The summed E-state index contributed by atoms with van der Waals surface area (Å²) in [6, 6.07) is 0.307. The average Bonchev–Trinajstić information content (AvgIpc) is 2.88. The van der Waals surface area contributed by atoms with E-state index in [-0.39, 0.29) is 24.7 Å². The molecule has 6 heteroatoms. The Kier molecular flexibility index (Phi) is 5.00. The smallest absolute Gasteiger partial charge is 0.319 e. The van der Waals surface area contributed by atoms with Gasteiger partial charge in [-0.2, -0.15) is 5.10 Å². The van der Waals surface area contributed by atoms with E-state index in [9.17, 15) is 4.79 Å². The number of carbonyl (C=O) groups excluding carboxylic acids is 1. The molecule has 1 aliphatic rings. The van der Waals surface area contributed by atoms with Gasteiger partial charge < -0.3 is 15.7 Å². The zero-order chi connectivity index (χ0) is 14.5. The molecule has 0 radical (unpaired) electrons. The minimum atomic E-state index is -0.180. The fraction of sp³-hybridized carbons (Fsp3) is 0.714. The third kappa shape index (κ3) is 3.96. The normalized spacial score (nSPS) is 22.8. The Hall–Kier alpha value is -1.56. The van der Waals surface area contributed by atoms with Crippen LogP contribution < -0.4 is 10.6 Å². The number of hydrogen-bond donors (Lipinski definition) is 3. The number of amides is 2. The minimum Gasteiger partial charge on any atom is -0.396 e. The molecule has 0 atom stereocenters. The summed E-state index contributed by atoms with van der Waals surface area (Å²) in [4.78, 5) is 11.9. The molecule has 1 saturated carbocycles. The van der Waals surface area contributed by atoms with Gasteiger partial charge in [-0.15, -0.1) is 0 Å². The van der Waals surface area contributed by atoms with E-state index in [2.05, 4.69) is 15.7 Å². The summed E-state index contributed by atoms with van der Waals surface area (Å²) < 4.78 is 1.81. The molecule has 1 heterocycles. The lowest BCUT2D eigenvalue weighted by Crippen LogP contribution is -2.40. The highest BCUT2D eigenvalue weighted by atomic mass is 16.3. The number of aromatic nitrogens is 2. The Bertz CT molecular complexity index is 436. The number of urea groups is 1. The molecule has 6 nitrogen and oxygen atoms in total. The molecule has 0 aliphatic heterocycles. The Morgan fingerprint density at radius 2 is 2.15 bits per heavy atom. The van der Waals surface area contributed by atoms with Crippen LogP contribution in [0.2, 0.25) is 0 Å². The molecule has 1 aliphatic carbocycles. The van der Waals surface area contributed by atoms with Crippen LogP contribution in [0.15, 0.2) is 12.4 Å². The summed E-state index contributed by atoms with van der Waals surface area (Å²) in [5, 5.41) is 19.1. The molecule has 1 aromatic heterocycles. The van der Waals surface area contributed by atoms with Gasteiger partial charge in [0.2, 0.25) is 0 Å². The number of rotatable bonds is 4. The van der Waals surface area contributed by atoms with Crippen LogP contribution in [0.1, 0.15) is 45.6 Å². The number of nitrogens with one attached hydrogen (secondary N) is 2. The lowest BCUT2D eigenvalue weighted by molar-refractivity contribution is 0.176. The molecule has 112 valence electrons. The number of hydrogen-bond acceptors (Lipinski definition) is 3. The lowest BCUT2D eigenvalue weighted by atomic mass is 9.87. The van der Waals surface area contributed by atoms with Crippen molar-refractivity contribution in [1.29, 1.82) is 0 Å². The van der Waals surface area contributed by atoms with Crippen molar-refractivity contribution < 1.29 is 9.90 Å².